The van der Waals surface area contributed by atoms with Crippen molar-refractivity contribution in [1.82, 2.24) is 9.97 Å². The first-order chi connectivity index (χ1) is 10.2. The molecular weight excluding hydrogens is 268 g/mol. The Morgan fingerprint density at radius 2 is 1.95 bits per heavy atom. The molecule has 1 heterocycles. The van der Waals surface area contributed by atoms with E-state index in [1.54, 1.807) is 0 Å². The molecule has 21 heavy (non-hydrogen) atoms. The number of hydrogen-bond acceptors (Lipinski definition) is 6. The van der Waals surface area contributed by atoms with Crippen LogP contribution in [-0.2, 0) is 0 Å². The number of nitrogens with two attached hydrogens (primary N) is 1. The SMILES string of the molecule is CCN(CCO)c1ncnc(Oc2ccc(C)cc2)c1N. The highest BCUT2D eigenvalue weighted by molar-refractivity contribution is 5.68. The fourth-order valence-corrected chi connectivity index (χ4v) is 1.96. The lowest BCUT2D eigenvalue weighted by Crippen LogP contribution is -2.28. The fourth-order valence-electron chi connectivity index (χ4n) is 1.96. The number of aliphatic hydroxyl groups excluding tert-OH is 1. The van der Waals surface area contributed by atoms with Crippen LogP contribution in [0.2, 0.25) is 0 Å². The molecule has 0 radical (unpaired) electrons. The summed E-state index contributed by atoms with van der Waals surface area (Å²) in [7, 11) is 0. The molecule has 0 amide bonds. The molecule has 2 rings (SSSR count). The smallest absolute Gasteiger partial charge is 0.248 e. The molecule has 1 aromatic carbocycles. The van der Waals surface area contributed by atoms with Crippen LogP contribution in [0.15, 0.2) is 30.6 Å². The second-order valence-electron chi connectivity index (χ2n) is 4.63. The van der Waals surface area contributed by atoms with Crippen LogP contribution < -0.4 is 15.4 Å². The minimum atomic E-state index is 0.0332. The highest BCUT2D eigenvalue weighted by Crippen LogP contribution is 2.31. The molecule has 0 saturated carbocycles. The first kappa shape index (κ1) is 15.1. The lowest BCUT2D eigenvalue weighted by Gasteiger charge is -2.22. The number of nitrogens with zero attached hydrogens (tertiary/aromatic N) is 3. The predicted octanol–water partition coefficient (Wildman–Crippen LogP) is 1.98. The zero-order chi connectivity index (χ0) is 15.2. The van der Waals surface area contributed by atoms with Crippen LogP contribution in [0.4, 0.5) is 11.5 Å². The van der Waals surface area contributed by atoms with Crippen molar-refractivity contribution in [3.05, 3.63) is 36.2 Å². The number of aryl methyl sites for hydroxylation is 1. The van der Waals surface area contributed by atoms with E-state index in [2.05, 4.69) is 9.97 Å². The van der Waals surface area contributed by atoms with Gasteiger partial charge in [-0.25, -0.2) is 4.98 Å². The van der Waals surface area contributed by atoms with Gasteiger partial charge in [0.2, 0.25) is 5.88 Å². The van der Waals surface area contributed by atoms with Crippen molar-refractivity contribution in [3.63, 3.8) is 0 Å². The van der Waals surface area contributed by atoms with Gasteiger partial charge in [-0.1, -0.05) is 17.7 Å². The first-order valence-corrected chi connectivity index (χ1v) is 6.86. The Bertz CT molecular complexity index is 587. The molecule has 0 spiro atoms. The van der Waals surface area contributed by atoms with Crippen molar-refractivity contribution in [2.75, 3.05) is 30.3 Å². The predicted molar refractivity (Wildman–Crippen MR) is 82.7 cm³/mol. The highest BCUT2D eigenvalue weighted by atomic mass is 16.5. The van der Waals surface area contributed by atoms with Gasteiger partial charge in [0.1, 0.15) is 17.8 Å². The van der Waals surface area contributed by atoms with E-state index in [-0.39, 0.29) is 6.61 Å². The first-order valence-electron chi connectivity index (χ1n) is 6.86. The topological polar surface area (TPSA) is 84.5 Å². The largest absolute Gasteiger partial charge is 0.437 e. The van der Waals surface area contributed by atoms with E-state index in [9.17, 15) is 0 Å². The number of nitrogen functional groups attached to an aromatic ring is 1. The molecule has 0 aliphatic heterocycles. The Hall–Kier alpha value is -2.34. The van der Waals surface area contributed by atoms with E-state index in [1.165, 1.54) is 6.33 Å². The summed E-state index contributed by atoms with van der Waals surface area (Å²) in [6.07, 6.45) is 1.41. The number of hydrogen-bond donors (Lipinski definition) is 2. The van der Waals surface area contributed by atoms with Gasteiger partial charge in [0.15, 0.2) is 5.82 Å². The van der Waals surface area contributed by atoms with Gasteiger partial charge in [-0.2, -0.15) is 4.98 Å². The molecule has 0 saturated heterocycles. The van der Waals surface area contributed by atoms with Crippen LogP contribution in [0.3, 0.4) is 0 Å². The monoisotopic (exact) mass is 288 g/mol. The van der Waals surface area contributed by atoms with Crippen LogP contribution in [0.25, 0.3) is 0 Å². The third-order valence-corrected chi connectivity index (χ3v) is 3.11. The molecule has 0 unspecified atom stereocenters. The summed E-state index contributed by atoms with van der Waals surface area (Å²) >= 11 is 0. The van der Waals surface area contributed by atoms with Crippen molar-refractivity contribution >= 4 is 11.5 Å². The lowest BCUT2D eigenvalue weighted by atomic mass is 10.2. The molecule has 0 atom stereocenters. The van der Waals surface area contributed by atoms with Crippen molar-refractivity contribution in [2.45, 2.75) is 13.8 Å². The molecule has 0 fully saturated rings. The summed E-state index contributed by atoms with van der Waals surface area (Å²) in [6, 6.07) is 7.64. The Morgan fingerprint density at radius 1 is 1.24 bits per heavy atom. The van der Waals surface area contributed by atoms with Crippen LogP contribution in [-0.4, -0.2) is 34.8 Å². The van der Waals surface area contributed by atoms with Crippen LogP contribution in [0.1, 0.15) is 12.5 Å². The lowest BCUT2D eigenvalue weighted by molar-refractivity contribution is 0.302. The van der Waals surface area contributed by atoms with E-state index in [1.807, 2.05) is 43.0 Å². The molecule has 0 aliphatic carbocycles. The van der Waals surface area contributed by atoms with Gasteiger partial charge < -0.3 is 20.5 Å². The van der Waals surface area contributed by atoms with Gasteiger partial charge in [-0.05, 0) is 26.0 Å². The Morgan fingerprint density at radius 3 is 2.57 bits per heavy atom. The number of rotatable bonds is 6. The fraction of sp³-hybridized carbons (Fsp3) is 0.333. The molecule has 0 bridgehead atoms. The zero-order valence-corrected chi connectivity index (χ0v) is 12.3. The van der Waals surface area contributed by atoms with Crippen molar-refractivity contribution in [3.8, 4) is 11.6 Å². The molecule has 6 nitrogen and oxygen atoms in total. The number of aliphatic hydroxyl groups is 1. The van der Waals surface area contributed by atoms with Crippen molar-refractivity contribution < 1.29 is 9.84 Å². The van der Waals surface area contributed by atoms with Gasteiger partial charge in [-0.3, -0.25) is 0 Å². The van der Waals surface area contributed by atoms with Gasteiger partial charge in [-0.15, -0.1) is 0 Å². The quantitative estimate of drug-likeness (QED) is 0.845. The molecule has 112 valence electrons. The third kappa shape index (κ3) is 3.61. The van der Waals surface area contributed by atoms with Crippen LogP contribution in [0.5, 0.6) is 11.6 Å². The second kappa shape index (κ2) is 6.90. The average molecular weight is 288 g/mol. The Kier molecular flexibility index (Phi) is 4.94. The molecular formula is C15H20N4O2. The second-order valence-corrected chi connectivity index (χ2v) is 4.63. The summed E-state index contributed by atoms with van der Waals surface area (Å²) < 4.78 is 5.71. The van der Waals surface area contributed by atoms with Gasteiger partial charge in [0.25, 0.3) is 0 Å². The molecule has 6 heteroatoms. The van der Waals surface area contributed by atoms with E-state index < -0.39 is 0 Å². The van der Waals surface area contributed by atoms with Crippen molar-refractivity contribution in [1.29, 1.82) is 0 Å². The number of aromatic nitrogens is 2. The van der Waals surface area contributed by atoms with Crippen LogP contribution >= 0.6 is 0 Å². The minimum Gasteiger partial charge on any atom is -0.437 e. The summed E-state index contributed by atoms with van der Waals surface area (Å²) in [6.45, 7) is 5.16. The van der Waals surface area contributed by atoms with E-state index in [0.717, 1.165) is 5.56 Å². The summed E-state index contributed by atoms with van der Waals surface area (Å²) in [5.74, 6) is 1.56. The third-order valence-electron chi connectivity index (χ3n) is 3.11. The average Bonchev–Trinajstić information content (AvgIpc) is 2.49. The molecule has 0 aliphatic rings. The Balaban J connectivity index is 2.26. The maximum absolute atomic E-state index is 9.09. The molecule has 2 aromatic rings. The normalized spacial score (nSPS) is 10.4. The number of ether oxygens (including phenoxy) is 1. The van der Waals surface area contributed by atoms with Gasteiger partial charge >= 0.3 is 0 Å². The summed E-state index contributed by atoms with van der Waals surface area (Å²) in [5, 5.41) is 9.09. The molecule has 1 aromatic heterocycles. The zero-order valence-electron chi connectivity index (χ0n) is 12.3. The number of anilines is 2. The number of benzene rings is 1. The summed E-state index contributed by atoms with van der Waals surface area (Å²) in [4.78, 5) is 10.1. The van der Waals surface area contributed by atoms with Crippen LogP contribution in [0, 0.1) is 6.92 Å². The standard InChI is InChI=1S/C15H20N4O2/c1-3-19(8-9-20)14-13(16)15(18-10-17-14)21-12-6-4-11(2)5-7-12/h4-7,10,20H,3,8-9,16H2,1-2H3. The van der Waals surface area contributed by atoms with Crippen molar-refractivity contribution in [2.24, 2.45) is 0 Å². The highest BCUT2D eigenvalue weighted by Gasteiger charge is 2.15. The summed E-state index contributed by atoms with van der Waals surface area (Å²) in [5.41, 5.74) is 7.62. The van der Waals surface area contributed by atoms with E-state index in [4.69, 9.17) is 15.6 Å². The van der Waals surface area contributed by atoms with Gasteiger partial charge in [0.05, 0.1) is 6.61 Å². The van der Waals surface area contributed by atoms with E-state index in [0.29, 0.717) is 36.2 Å². The Labute approximate surface area is 124 Å². The van der Waals surface area contributed by atoms with Gasteiger partial charge in [0, 0.05) is 13.1 Å². The van der Waals surface area contributed by atoms with E-state index >= 15 is 0 Å². The maximum Gasteiger partial charge on any atom is 0.248 e. The number of likely N-dealkylation sites (N-methyl/N-ethyl adjacent to an activating group) is 1. The minimum absolute atomic E-state index is 0.0332. The molecule has 3 N–H and O–H groups in total. The maximum atomic E-state index is 9.09.